The number of rotatable bonds is 4. The van der Waals surface area contributed by atoms with E-state index in [0.29, 0.717) is 0 Å². The van der Waals surface area contributed by atoms with Crippen LogP contribution in [0.25, 0.3) is 0 Å². The first kappa shape index (κ1) is 15.8. The zero-order valence-electron chi connectivity index (χ0n) is 11.0. The fraction of sp³-hybridized carbons (Fsp3) is 0.385. The van der Waals surface area contributed by atoms with E-state index in [1.54, 1.807) is 13.0 Å². The number of halogens is 3. The molecule has 0 saturated heterocycles. The molecule has 0 bridgehead atoms. The van der Waals surface area contributed by atoms with Gasteiger partial charge in [0, 0.05) is 7.05 Å². The Hall–Kier alpha value is -2.23. The maximum atomic E-state index is 12.6. The molecule has 0 heterocycles. The summed E-state index contributed by atoms with van der Waals surface area (Å²) in [7, 11) is 1.50. The van der Waals surface area contributed by atoms with Crippen LogP contribution < -0.4 is 4.90 Å². The third-order valence-corrected chi connectivity index (χ3v) is 2.53. The molecule has 4 nitrogen and oxygen atoms in total. The van der Waals surface area contributed by atoms with Gasteiger partial charge in [-0.1, -0.05) is 0 Å². The number of hydrogen-bond acceptors (Lipinski definition) is 4. The van der Waals surface area contributed by atoms with Crippen LogP contribution in [0.5, 0.6) is 0 Å². The Morgan fingerprint density at radius 3 is 2.60 bits per heavy atom. The van der Waals surface area contributed by atoms with Gasteiger partial charge >= 0.3 is 12.1 Å². The molecular formula is C13H13F3N2O2. The number of likely N-dealkylation sites (N-methyl/N-ethyl adjacent to an activating group) is 1. The number of ether oxygens (including phenoxy) is 1. The number of anilines is 1. The van der Waals surface area contributed by atoms with Crippen molar-refractivity contribution in [2.75, 3.05) is 25.1 Å². The number of carbonyl (C=O) groups is 1. The van der Waals surface area contributed by atoms with E-state index in [9.17, 15) is 18.0 Å². The van der Waals surface area contributed by atoms with E-state index in [2.05, 4.69) is 0 Å². The zero-order valence-corrected chi connectivity index (χ0v) is 11.0. The van der Waals surface area contributed by atoms with Crippen LogP contribution in [0, 0.1) is 11.3 Å². The van der Waals surface area contributed by atoms with Crippen molar-refractivity contribution in [1.29, 1.82) is 5.26 Å². The summed E-state index contributed by atoms with van der Waals surface area (Å²) in [5, 5.41) is 8.93. The van der Waals surface area contributed by atoms with Crippen LogP contribution in [0.4, 0.5) is 18.9 Å². The lowest BCUT2D eigenvalue weighted by atomic mass is 10.1. The summed E-state index contributed by atoms with van der Waals surface area (Å²) in [6.07, 6.45) is -4.51. The monoisotopic (exact) mass is 286 g/mol. The lowest BCUT2D eigenvalue weighted by molar-refractivity contribution is -0.141. The quantitative estimate of drug-likeness (QED) is 0.798. The molecule has 0 spiro atoms. The van der Waals surface area contributed by atoms with Gasteiger partial charge in [-0.25, -0.2) is 0 Å². The molecule has 0 fully saturated rings. The topological polar surface area (TPSA) is 53.3 Å². The van der Waals surface area contributed by atoms with Crippen molar-refractivity contribution in [3.63, 3.8) is 0 Å². The number of alkyl halides is 3. The van der Waals surface area contributed by atoms with Gasteiger partial charge in [0.25, 0.3) is 0 Å². The summed E-state index contributed by atoms with van der Waals surface area (Å²) in [4.78, 5) is 12.7. The first-order chi connectivity index (χ1) is 9.29. The molecule has 0 saturated carbocycles. The van der Waals surface area contributed by atoms with Gasteiger partial charge in [0.05, 0.1) is 23.4 Å². The first-order valence-corrected chi connectivity index (χ1v) is 5.77. The highest BCUT2D eigenvalue weighted by atomic mass is 19.4. The van der Waals surface area contributed by atoms with E-state index < -0.39 is 17.7 Å². The summed E-state index contributed by atoms with van der Waals surface area (Å²) >= 11 is 0. The summed E-state index contributed by atoms with van der Waals surface area (Å²) in [6.45, 7) is 1.72. The summed E-state index contributed by atoms with van der Waals surface area (Å²) in [5.41, 5.74) is -0.803. The number of esters is 1. The molecule has 108 valence electrons. The fourth-order valence-electron chi connectivity index (χ4n) is 1.62. The number of nitriles is 1. The lowest BCUT2D eigenvalue weighted by Crippen LogP contribution is -2.27. The molecule has 0 aliphatic rings. The summed E-state index contributed by atoms with van der Waals surface area (Å²) in [6, 6.07) is 4.50. The predicted octanol–water partition coefficient (Wildman–Crippen LogP) is 2.58. The molecule has 1 rings (SSSR count). The van der Waals surface area contributed by atoms with E-state index in [1.165, 1.54) is 18.0 Å². The molecule has 0 N–H and O–H groups in total. The maximum absolute atomic E-state index is 12.6. The van der Waals surface area contributed by atoms with Gasteiger partial charge in [0.2, 0.25) is 0 Å². The Balaban J connectivity index is 3.02. The molecule has 1 aromatic rings. The second-order valence-electron chi connectivity index (χ2n) is 4.00. The number of carbonyl (C=O) groups excluding carboxylic acids is 1. The Morgan fingerprint density at radius 2 is 2.10 bits per heavy atom. The van der Waals surface area contributed by atoms with Crippen molar-refractivity contribution in [2.45, 2.75) is 13.1 Å². The molecule has 0 aliphatic carbocycles. The van der Waals surface area contributed by atoms with E-state index >= 15 is 0 Å². The van der Waals surface area contributed by atoms with Crippen molar-refractivity contribution in [2.24, 2.45) is 0 Å². The van der Waals surface area contributed by atoms with Crippen molar-refractivity contribution in [3.05, 3.63) is 29.3 Å². The molecule has 7 heteroatoms. The second kappa shape index (κ2) is 6.28. The van der Waals surface area contributed by atoms with Gasteiger partial charge in [-0.3, -0.25) is 4.79 Å². The molecular weight excluding hydrogens is 273 g/mol. The van der Waals surface area contributed by atoms with Crippen LogP contribution in [0.15, 0.2) is 18.2 Å². The van der Waals surface area contributed by atoms with Crippen LogP contribution >= 0.6 is 0 Å². The van der Waals surface area contributed by atoms with Crippen LogP contribution in [0.1, 0.15) is 18.1 Å². The minimum atomic E-state index is -4.51. The van der Waals surface area contributed by atoms with Crippen molar-refractivity contribution >= 4 is 11.7 Å². The SMILES string of the molecule is CCOC(=O)CN(C)c1ccc(C(F)(F)F)cc1C#N. The molecule has 0 unspecified atom stereocenters. The van der Waals surface area contributed by atoms with Crippen LogP contribution in [0.2, 0.25) is 0 Å². The highest BCUT2D eigenvalue weighted by molar-refractivity contribution is 5.76. The number of nitrogens with zero attached hydrogens (tertiary/aromatic N) is 2. The Bertz CT molecular complexity index is 535. The van der Waals surface area contributed by atoms with Crippen molar-refractivity contribution in [3.8, 4) is 6.07 Å². The summed E-state index contributed by atoms with van der Waals surface area (Å²) < 4.78 is 42.4. The van der Waals surface area contributed by atoms with E-state index in [0.717, 1.165) is 12.1 Å². The standard InChI is InChI=1S/C13H13F3N2O2/c1-3-20-12(19)8-18(2)11-5-4-10(13(14,15)16)6-9(11)7-17/h4-6H,3,8H2,1-2H3. The Labute approximate surface area is 114 Å². The minimum absolute atomic E-state index is 0.145. The van der Waals surface area contributed by atoms with Gasteiger partial charge in [0.1, 0.15) is 12.6 Å². The van der Waals surface area contributed by atoms with Gasteiger partial charge in [-0.2, -0.15) is 18.4 Å². The van der Waals surface area contributed by atoms with E-state index in [1.807, 2.05) is 0 Å². The smallest absolute Gasteiger partial charge is 0.416 e. The maximum Gasteiger partial charge on any atom is 0.416 e. The third-order valence-electron chi connectivity index (χ3n) is 2.53. The normalized spacial score (nSPS) is 10.8. The molecule has 0 aliphatic heterocycles. The molecule has 0 atom stereocenters. The Morgan fingerprint density at radius 1 is 1.45 bits per heavy atom. The lowest BCUT2D eigenvalue weighted by Gasteiger charge is -2.20. The zero-order chi connectivity index (χ0) is 15.3. The molecule has 0 amide bonds. The van der Waals surface area contributed by atoms with Gasteiger partial charge < -0.3 is 9.64 Å². The van der Waals surface area contributed by atoms with Crippen molar-refractivity contribution in [1.82, 2.24) is 0 Å². The van der Waals surface area contributed by atoms with Crippen LogP contribution in [-0.4, -0.2) is 26.2 Å². The number of hydrogen-bond donors (Lipinski definition) is 0. The van der Waals surface area contributed by atoms with Crippen LogP contribution in [-0.2, 0) is 15.7 Å². The highest BCUT2D eigenvalue weighted by Gasteiger charge is 2.31. The molecule has 1 aromatic carbocycles. The average Bonchev–Trinajstić information content (AvgIpc) is 2.37. The highest BCUT2D eigenvalue weighted by Crippen LogP contribution is 2.32. The average molecular weight is 286 g/mol. The third kappa shape index (κ3) is 3.88. The summed E-state index contributed by atoms with van der Waals surface area (Å²) in [5.74, 6) is -0.515. The fourth-order valence-corrected chi connectivity index (χ4v) is 1.62. The number of benzene rings is 1. The predicted molar refractivity (Wildman–Crippen MR) is 66.1 cm³/mol. The van der Waals surface area contributed by atoms with Gasteiger partial charge in [0.15, 0.2) is 0 Å². The first-order valence-electron chi connectivity index (χ1n) is 5.77. The molecule has 0 radical (unpaired) electrons. The largest absolute Gasteiger partial charge is 0.465 e. The van der Waals surface area contributed by atoms with Gasteiger partial charge in [-0.05, 0) is 25.1 Å². The van der Waals surface area contributed by atoms with E-state index in [4.69, 9.17) is 10.00 Å². The second-order valence-corrected chi connectivity index (χ2v) is 4.00. The van der Waals surface area contributed by atoms with Crippen LogP contribution in [0.3, 0.4) is 0 Å². The van der Waals surface area contributed by atoms with Gasteiger partial charge in [-0.15, -0.1) is 0 Å². The Kier molecular flexibility index (Phi) is 4.97. The van der Waals surface area contributed by atoms with E-state index in [-0.39, 0.29) is 24.4 Å². The minimum Gasteiger partial charge on any atom is -0.465 e. The van der Waals surface area contributed by atoms with Crippen molar-refractivity contribution < 1.29 is 22.7 Å². The molecule has 0 aromatic heterocycles. The molecule has 20 heavy (non-hydrogen) atoms.